The van der Waals surface area contributed by atoms with Crippen molar-refractivity contribution in [3.05, 3.63) is 46.1 Å². The number of halogens is 1. The van der Waals surface area contributed by atoms with Gasteiger partial charge in [-0.3, -0.25) is 19.4 Å². The lowest BCUT2D eigenvalue weighted by atomic mass is 9.75. The molecule has 3 N–H and O–H groups in total. The van der Waals surface area contributed by atoms with E-state index in [2.05, 4.69) is 10.3 Å². The van der Waals surface area contributed by atoms with Crippen LogP contribution in [0, 0.1) is 5.92 Å². The van der Waals surface area contributed by atoms with Gasteiger partial charge in [-0.05, 0) is 25.5 Å². The molecular formula is C24H29ClN2O9. The van der Waals surface area contributed by atoms with Crippen LogP contribution in [0.4, 0.5) is 0 Å². The van der Waals surface area contributed by atoms with Gasteiger partial charge in [0.2, 0.25) is 0 Å². The molecule has 36 heavy (non-hydrogen) atoms. The normalized spacial score (nSPS) is 18.3. The number of hydrogen-bond donors (Lipinski definition) is 3. The van der Waals surface area contributed by atoms with Crippen LogP contribution in [0.15, 0.2) is 40.5 Å². The molecule has 0 saturated heterocycles. The summed E-state index contributed by atoms with van der Waals surface area (Å²) >= 11 is 6.45. The first-order valence-electron chi connectivity index (χ1n) is 11.2. The monoisotopic (exact) mass is 524 g/mol. The largest absolute Gasteiger partial charge is 0.481 e. The Morgan fingerprint density at radius 3 is 2.47 bits per heavy atom. The molecule has 0 spiro atoms. The molecule has 12 heteroatoms. The van der Waals surface area contributed by atoms with Gasteiger partial charge in [0.05, 0.1) is 44.6 Å². The second-order valence-electron chi connectivity index (χ2n) is 7.83. The van der Waals surface area contributed by atoms with E-state index >= 15 is 0 Å². The molecule has 0 fully saturated rings. The Labute approximate surface area is 213 Å². The third kappa shape index (κ3) is 7.36. The molecule has 2 rings (SSSR count). The fourth-order valence-corrected chi connectivity index (χ4v) is 4.14. The van der Waals surface area contributed by atoms with Gasteiger partial charge in [0.1, 0.15) is 12.0 Å². The molecule has 3 unspecified atom stereocenters. The Bertz CT molecular complexity index is 1050. The molecule has 0 aromatic heterocycles. The van der Waals surface area contributed by atoms with Crippen molar-refractivity contribution in [1.82, 2.24) is 5.32 Å². The smallest absolute Gasteiger partial charge is 0.336 e. The third-order valence-electron chi connectivity index (χ3n) is 5.46. The molecular weight excluding hydrogens is 496 g/mol. The summed E-state index contributed by atoms with van der Waals surface area (Å²) in [5.41, 5.74) is 1.25. The predicted octanol–water partition coefficient (Wildman–Crippen LogP) is 2.04. The molecule has 0 amide bonds. The summed E-state index contributed by atoms with van der Waals surface area (Å²) < 4.78 is 15.9. The number of esters is 2. The van der Waals surface area contributed by atoms with Gasteiger partial charge >= 0.3 is 23.9 Å². The second-order valence-corrected chi connectivity index (χ2v) is 8.24. The molecule has 0 saturated carbocycles. The SMILES string of the molecule is CCOC(=O)C1=C(COCCNC(CC(=O)O)C(=O)O)N=C(C)C(C(=O)OC)C1c1ccccc1Cl. The Kier molecular flexibility index (Phi) is 11.0. The van der Waals surface area contributed by atoms with Gasteiger partial charge < -0.3 is 29.7 Å². The average Bonchev–Trinajstić information content (AvgIpc) is 2.82. The number of aliphatic imine (C=N–C) groups is 1. The van der Waals surface area contributed by atoms with E-state index < -0.39 is 48.2 Å². The van der Waals surface area contributed by atoms with E-state index in [0.717, 1.165) is 0 Å². The van der Waals surface area contributed by atoms with Gasteiger partial charge in [0.15, 0.2) is 0 Å². The second kappa shape index (κ2) is 13.7. The van der Waals surface area contributed by atoms with Crippen molar-refractivity contribution in [1.29, 1.82) is 0 Å². The Morgan fingerprint density at radius 1 is 1.19 bits per heavy atom. The first-order valence-corrected chi connectivity index (χ1v) is 11.5. The lowest BCUT2D eigenvalue weighted by molar-refractivity contribution is -0.146. The number of nitrogens with one attached hydrogen (secondary N) is 1. The zero-order chi connectivity index (χ0) is 26.8. The quantitative estimate of drug-likeness (QED) is 0.257. The highest BCUT2D eigenvalue weighted by Gasteiger charge is 2.43. The number of ether oxygens (including phenoxy) is 3. The molecule has 1 aliphatic rings. The molecule has 1 aliphatic heterocycles. The van der Waals surface area contributed by atoms with Crippen LogP contribution in [0.5, 0.6) is 0 Å². The number of aliphatic carboxylic acids is 2. The van der Waals surface area contributed by atoms with Crippen molar-refractivity contribution in [3.63, 3.8) is 0 Å². The molecule has 0 radical (unpaired) electrons. The maximum atomic E-state index is 13.1. The van der Waals surface area contributed by atoms with E-state index in [9.17, 15) is 19.2 Å². The van der Waals surface area contributed by atoms with Crippen LogP contribution in [0.1, 0.15) is 31.7 Å². The highest BCUT2D eigenvalue weighted by Crippen LogP contribution is 2.42. The van der Waals surface area contributed by atoms with E-state index in [1.807, 2.05) is 0 Å². The molecule has 3 atom stereocenters. The number of carbonyl (C=O) groups excluding carboxylic acids is 2. The highest BCUT2D eigenvalue weighted by molar-refractivity contribution is 6.31. The molecule has 1 aromatic carbocycles. The highest BCUT2D eigenvalue weighted by atomic mass is 35.5. The lowest BCUT2D eigenvalue weighted by Gasteiger charge is -2.32. The number of hydrogen-bond acceptors (Lipinski definition) is 9. The number of carbonyl (C=O) groups is 4. The topological polar surface area (TPSA) is 161 Å². The van der Waals surface area contributed by atoms with Crippen molar-refractivity contribution in [3.8, 4) is 0 Å². The standard InChI is InChI=1S/C24H29ClN2O9/c1-4-36-24(33)21-17(12-35-10-9-26-16(22(30)31)11-18(28)29)27-13(2)19(23(32)34-3)20(21)14-7-5-6-8-15(14)25/h5-8,16,19-20,26H,4,9-12H2,1-3H3,(H,28,29)(H,30,31). The minimum Gasteiger partial charge on any atom is -0.481 e. The van der Waals surface area contributed by atoms with Crippen molar-refractivity contribution in [2.45, 2.75) is 32.2 Å². The first kappa shape index (κ1) is 29.0. The van der Waals surface area contributed by atoms with Crippen molar-refractivity contribution < 1.29 is 43.6 Å². The third-order valence-corrected chi connectivity index (χ3v) is 5.80. The number of carboxylic acids is 2. The summed E-state index contributed by atoms with van der Waals surface area (Å²) in [6.45, 7) is 3.25. The molecule has 0 aliphatic carbocycles. The van der Waals surface area contributed by atoms with E-state index in [0.29, 0.717) is 16.3 Å². The van der Waals surface area contributed by atoms with E-state index in [-0.39, 0.29) is 37.6 Å². The van der Waals surface area contributed by atoms with Crippen LogP contribution in [-0.4, -0.2) is 79.3 Å². The summed E-state index contributed by atoms with van der Waals surface area (Å²) in [4.78, 5) is 52.3. The van der Waals surface area contributed by atoms with Crippen molar-refractivity contribution in [2.24, 2.45) is 10.9 Å². The van der Waals surface area contributed by atoms with Crippen molar-refractivity contribution in [2.75, 3.05) is 33.5 Å². The number of benzene rings is 1. The maximum absolute atomic E-state index is 13.1. The van der Waals surface area contributed by atoms with Crippen LogP contribution in [0.2, 0.25) is 5.02 Å². The van der Waals surface area contributed by atoms with Crippen LogP contribution in [0.25, 0.3) is 0 Å². The molecule has 11 nitrogen and oxygen atoms in total. The zero-order valence-electron chi connectivity index (χ0n) is 20.2. The van der Waals surface area contributed by atoms with E-state index in [1.54, 1.807) is 38.1 Å². The minimum atomic E-state index is -1.30. The van der Waals surface area contributed by atoms with Gasteiger partial charge in [0.25, 0.3) is 0 Å². The number of nitrogens with zero attached hydrogens (tertiary/aromatic N) is 1. The molecule has 0 bridgehead atoms. The van der Waals surface area contributed by atoms with Crippen LogP contribution < -0.4 is 5.32 Å². The zero-order valence-corrected chi connectivity index (χ0v) is 20.9. The van der Waals surface area contributed by atoms with Gasteiger partial charge in [-0.1, -0.05) is 29.8 Å². The van der Waals surface area contributed by atoms with E-state index in [1.165, 1.54) is 7.11 Å². The van der Waals surface area contributed by atoms with Gasteiger partial charge in [-0.25, -0.2) is 4.79 Å². The van der Waals surface area contributed by atoms with Crippen LogP contribution >= 0.6 is 11.6 Å². The van der Waals surface area contributed by atoms with Gasteiger partial charge in [-0.15, -0.1) is 0 Å². The fourth-order valence-electron chi connectivity index (χ4n) is 3.89. The lowest BCUT2D eigenvalue weighted by Crippen LogP contribution is -2.40. The summed E-state index contributed by atoms with van der Waals surface area (Å²) in [5, 5.41) is 20.9. The Balaban J connectivity index is 2.35. The number of carboxylic acid groups (broad SMARTS) is 2. The Hall–Kier alpha value is -3.28. The molecule has 196 valence electrons. The average molecular weight is 525 g/mol. The summed E-state index contributed by atoms with van der Waals surface area (Å²) in [6.07, 6.45) is -0.592. The fraction of sp³-hybridized carbons (Fsp3) is 0.458. The van der Waals surface area contributed by atoms with E-state index in [4.69, 9.17) is 36.0 Å². The first-order chi connectivity index (χ1) is 17.1. The summed E-state index contributed by atoms with van der Waals surface area (Å²) in [6, 6.07) is 5.53. The number of methoxy groups -OCH3 is 1. The van der Waals surface area contributed by atoms with Crippen LogP contribution in [0.3, 0.4) is 0 Å². The number of rotatable bonds is 13. The predicted molar refractivity (Wildman–Crippen MR) is 129 cm³/mol. The minimum absolute atomic E-state index is 0.00520. The Morgan fingerprint density at radius 2 is 1.89 bits per heavy atom. The maximum Gasteiger partial charge on any atom is 0.336 e. The summed E-state index contributed by atoms with van der Waals surface area (Å²) in [7, 11) is 1.24. The summed E-state index contributed by atoms with van der Waals surface area (Å²) in [5.74, 6) is -5.59. The van der Waals surface area contributed by atoms with Crippen LogP contribution in [-0.2, 0) is 33.4 Å². The van der Waals surface area contributed by atoms with Gasteiger partial charge in [0, 0.05) is 23.2 Å². The molecule has 1 aromatic rings. The molecule has 1 heterocycles. The van der Waals surface area contributed by atoms with Gasteiger partial charge in [-0.2, -0.15) is 0 Å². The van der Waals surface area contributed by atoms with Crippen molar-refractivity contribution >= 4 is 41.2 Å².